The predicted octanol–water partition coefficient (Wildman–Crippen LogP) is 0.762. The van der Waals surface area contributed by atoms with Crippen LogP contribution in [-0.2, 0) is 16.1 Å². The number of aromatic nitrogens is 2. The fourth-order valence-electron chi connectivity index (χ4n) is 2.34. The molecule has 0 aliphatic rings. The lowest BCUT2D eigenvalue weighted by atomic mass is 10.3. The minimum Gasteiger partial charge on any atom is -0.481 e. The molecule has 0 atom stereocenters. The van der Waals surface area contributed by atoms with Crippen LogP contribution in [-0.4, -0.2) is 28.0 Å². The number of carbonyl (C=O) groups is 2. The number of benzene rings is 2. The molecule has 3 aromatic rings. The number of amides is 2. The second-order valence-electron chi connectivity index (χ2n) is 5.49. The molecule has 0 bridgehead atoms. The summed E-state index contributed by atoms with van der Waals surface area (Å²) >= 11 is 0. The molecule has 2 amide bonds. The van der Waals surface area contributed by atoms with E-state index in [1.807, 2.05) is 0 Å². The first-order chi connectivity index (χ1) is 13.0. The van der Waals surface area contributed by atoms with Gasteiger partial charge in [0.05, 0.1) is 17.2 Å². The summed E-state index contributed by atoms with van der Waals surface area (Å²) < 4.78 is 19.7. The van der Waals surface area contributed by atoms with E-state index in [1.54, 1.807) is 30.3 Å². The molecule has 27 heavy (non-hydrogen) atoms. The molecule has 0 fully saturated rings. The van der Waals surface area contributed by atoms with E-state index in [0.29, 0.717) is 11.0 Å². The van der Waals surface area contributed by atoms with Crippen molar-refractivity contribution in [3.05, 3.63) is 70.9 Å². The van der Waals surface area contributed by atoms with E-state index in [4.69, 9.17) is 4.74 Å². The molecule has 1 heterocycles. The van der Waals surface area contributed by atoms with Gasteiger partial charge in [0.25, 0.3) is 17.4 Å². The third kappa shape index (κ3) is 4.46. The van der Waals surface area contributed by atoms with Gasteiger partial charge < -0.3 is 4.74 Å². The number of hydrazine groups is 1. The Kier molecular flexibility index (Phi) is 5.41. The Morgan fingerprint density at radius 1 is 1.04 bits per heavy atom. The van der Waals surface area contributed by atoms with Crippen LogP contribution in [0.2, 0.25) is 0 Å². The Hall–Kier alpha value is -3.75. The van der Waals surface area contributed by atoms with E-state index in [-0.39, 0.29) is 12.3 Å². The number of carbonyl (C=O) groups excluding carboxylic acids is 2. The van der Waals surface area contributed by atoms with E-state index in [1.165, 1.54) is 22.8 Å². The Bertz CT molecular complexity index is 1050. The van der Waals surface area contributed by atoms with Gasteiger partial charge in [-0.15, -0.1) is 0 Å². The van der Waals surface area contributed by atoms with E-state index < -0.39 is 29.8 Å². The molecule has 8 nitrogen and oxygen atoms in total. The van der Waals surface area contributed by atoms with Crippen molar-refractivity contribution in [1.29, 1.82) is 0 Å². The van der Waals surface area contributed by atoms with Crippen molar-refractivity contribution in [2.24, 2.45) is 0 Å². The number of hydrogen-bond donors (Lipinski definition) is 2. The lowest BCUT2D eigenvalue weighted by Crippen LogP contribution is -2.46. The minimum absolute atomic E-state index is 0.0752. The van der Waals surface area contributed by atoms with Gasteiger partial charge in [0, 0.05) is 0 Å². The third-order valence-corrected chi connectivity index (χ3v) is 3.59. The molecular weight excluding hydrogens is 355 g/mol. The molecule has 1 aromatic heterocycles. The van der Waals surface area contributed by atoms with E-state index in [2.05, 4.69) is 15.8 Å². The minimum atomic E-state index is -0.682. The fraction of sp³-hybridized carbons (Fsp3) is 0.111. The Morgan fingerprint density at radius 2 is 1.74 bits per heavy atom. The highest BCUT2D eigenvalue weighted by molar-refractivity contribution is 5.83. The number of hydrogen-bond acceptors (Lipinski definition) is 5. The highest BCUT2D eigenvalue weighted by Gasteiger charge is 2.11. The predicted molar refractivity (Wildman–Crippen MR) is 94.2 cm³/mol. The van der Waals surface area contributed by atoms with Gasteiger partial charge in [0.2, 0.25) is 0 Å². The van der Waals surface area contributed by atoms with Crippen molar-refractivity contribution in [3.63, 3.8) is 0 Å². The normalized spacial score (nSPS) is 10.4. The molecule has 138 valence electrons. The summed E-state index contributed by atoms with van der Waals surface area (Å²) in [6, 6.07) is 12.5. The van der Waals surface area contributed by atoms with Crippen LogP contribution in [0.1, 0.15) is 0 Å². The van der Waals surface area contributed by atoms with Crippen molar-refractivity contribution in [3.8, 4) is 5.75 Å². The average molecular weight is 370 g/mol. The molecule has 3 rings (SSSR count). The van der Waals surface area contributed by atoms with Crippen molar-refractivity contribution in [2.45, 2.75) is 6.54 Å². The lowest BCUT2D eigenvalue weighted by molar-refractivity contribution is -0.130. The molecule has 0 saturated carbocycles. The van der Waals surface area contributed by atoms with Gasteiger partial charge in [-0.05, 0) is 24.3 Å². The standard InChI is InChI=1S/C18H15FN4O4/c19-12-5-1-4-8-15(12)27-11-17(25)22-21-16(24)10-23-14-7-3-2-6-13(14)20-9-18(23)26/h1-9H,10-11H2,(H,21,24)(H,22,25). The monoisotopic (exact) mass is 370 g/mol. The van der Waals surface area contributed by atoms with Crippen LogP contribution in [0.5, 0.6) is 5.75 Å². The molecule has 9 heteroatoms. The summed E-state index contributed by atoms with van der Waals surface area (Å²) in [5.74, 6) is -1.97. The zero-order valence-corrected chi connectivity index (χ0v) is 14.0. The van der Waals surface area contributed by atoms with Crippen LogP contribution in [0.4, 0.5) is 4.39 Å². The molecule has 2 aromatic carbocycles. The summed E-state index contributed by atoms with van der Waals surface area (Å²) in [7, 11) is 0. The Labute approximate surface area is 152 Å². The van der Waals surface area contributed by atoms with Gasteiger partial charge >= 0.3 is 0 Å². The lowest BCUT2D eigenvalue weighted by Gasteiger charge is -2.11. The average Bonchev–Trinajstić information content (AvgIpc) is 2.68. The first kappa shape index (κ1) is 18.1. The van der Waals surface area contributed by atoms with Crippen LogP contribution in [0, 0.1) is 5.82 Å². The summed E-state index contributed by atoms with van der Waals surface area (Å²) in [5.41, 5.74) is 4.94. The van der Waals surface area contributed by atoms with Crippen LogP contribution >= 0.6 is 0 Å². The quantitative estimate of drug-likeness (QED) is 0.646. The fourth-order valence-corrected chi connectivity index (χ4v) is 2.34. The number of ether oxygens (including phenoxy) is 1. The third-order valence-electron chi connectivity index (χ3n) is 3.59. The Balaban J connectivity index is 1.56. The molecule has 0 aliphatic heterocycles. The number of para-hydroxylation sites is 3. The molecule has 0 unspecified atom stereocenters. The molecule has 2 N–H and O–H groups in total. The van der Waals surface area contributed by atoms with Gasteiger partial charge in [-0.25, -0.2) is 9.37 Å². The molecule has 0 aliphatic carbocycles. The maximum Gasteiger partial charge on any atom is 0.276 e. The summed E-state index contributed by atoms with van der Waals surface area (Å²) in [6.45, 7) is -0.796. The largest absolute Gasteiger partial charge is 0.481 e. The SMILES string of the molecule is O=C(COc1ccccc1F)NNC(=O)Cn1c(=O)cnc2ccccc21. The number of fused-ring (bicyclic) bond motifs is 1. The second kappa shape index (κ2) is 8.09. The number of nitrogens with one attached hydrogen (secondary N) is 2. The molecular formula is C18H15FN4O4. The highest BCUT2D eigenvalue weighted by Crippen LogP contribution is 2.14. The molecule has 0 spiro atoms. The van der Waals surface area contributed by atoms with Crippen LogP contribution in [0.3, 0.4) is 0 Å². The Morgan fingerprint density at radius 3 is 2.56 bits per heavy atom. The maximum atomic E-state index is 13.4. The zero-order chi connectivity index (χ0) is 19.2. The van der Waals surface area contributed by atoms with E-state index >= 15 is 0 Å². The van der Waals surface area contributed by atoms with Crippen molar-refractivity contribution >= 4 is 22.8 Å². The summed E-state index contributed by atoms with van der Waals surface area (Å²) in [6.07, 6.45) is 1.12. The maximum absolute atomic E-state index is 13.4. The van der Waals surface area contributed by atoms with E-state index in [9.17, 15) is 18.8 Å². The highest BCUT2D eigenvalue weighted by atomic mass is 19.1. The molecule has 0 radical (unpaired) electrons. The zero-order valence-electron chi connectivity index (χ0n) is 14.0. The van der Waals surface area contributed by atoms with Gasteiger partial charge in [0.15, 0.2) is 18.2 Å². The van der Waals surface area contributed by atoms with Crippen LogP contribution in [0.15, 0.2) is 59.5 Å². The van der Waals surface area contributed by atoms with Gasteiger partial charge in [-0.3, -0.25) is 29.8 Å². The molecule has 0 saturated heterocycles. The van der Waals surface area contributed by atoms with Crippen LogP contribution < -0.4 is 21.1 Å². The van der Waals surface area contributed by atoms with Crippen molar-refractivity contribution in [1.82, 2.24) is 20.4 Å². The topological polar surface area (TPSA) is 102 Å². The summed E-state index contributed by atoms with van der Waals surface area (Å²) in [5, 5.41) is 0. The second-order valence-corrected chi connectivity index (χ2v) is 5.49. The number of rotatable bonds is 5. The van der Waals surface area contributed by atoms with Gasteiger partial charge in [0.1, 0.15) is 6.54 Å². The van der Waals surface area contributed by atoms with Crippen LogP contribution in [0.25, 0.3) is 11.0 Å². The van der Waals surface area contributed by atoms with Gasteiger partial charge in [-0.1, -0.05) is 24.3 Å². The number of halogens is 1. The van der Waals surface area contributed by atoms with Gasteiger partial charge in [-0.2, -0.15) is 0 Å². The van der Waals surface area contributed by atoms with Crippen molar-refractivity contribution in [2.75, 3.05) is 6.61 Å². The summed E-state index contributed by atoms with van der Waals surface area (Å²) in [4.78, 5) is 39.7. The van der Waals surface area contributed by atoms with E-state index in [0.717, 1.165) is 6.20 Å². The van der Waals surface area contributed by atoms with Crippen molar-refractivity contribution < 1.29 is 18.7 Å². The first-order valence-electron chi connectivity index (χ1n) is 7.94. The number of nitrogens with zero attached hydrogens (tertiary/aromatic N) is 2. The first-order valence-corrected chi connectivity index (χ1v) is 7.94. The smallest absolute Gasteiger partial charge is 0.276 e.